The van der Waals surface area contributed by atoms with Gasteiger partial charge in [-0.25, -0.2) is 0 Å². The third-order valence-corrected chi connectivity index (χ3v) is 4.26. The molecule has 114 valence electrons. The van der Waals surface area contributed by atoms with Crippen LogP contribution in [0.3, 0.4) is 0 Å². The van der Waals surface area contributed by atoms with Crippen LogP contribution in [0.15, 0.2) is 48.5 Å². The first-order chi connectivity index (χ1) is 10.7. The van der Waals surface area contributed by atoms with Gasteiger partial charge in [0.2, 0.25) is 5.91 Å². The van der Waals surface area contributed by atoms with Crippen LogP contribution >= 0.6 is 0 Å². The van der Waals surface area contributed by atoms with E-state index in [9.17, 15) is 4.79 Å². The van der Waals surface area contributed by atoms with Crippen LogP contribution in [0.2, 0.25) is 0 Å². The van der Waals surface area contributed by atoms with Crippen molar-refractivity contribution in [1.29, 1.82) is 0 Å². The van der Waals surface area contributed by atoms with Crippen molar-refractivity contribution >= 4 is 11.6 Å². The average Bonchev–Trinajstić information content (AvgIpc) is 2.89. The van der Waals surface area contributed by atoms with Gasteiger partial charge >= 0.3 is 0 Å². The number of rotatable bonds is 4. The van der Waals surface area contributed by atoms with Gasteiger partial charge in [-0.2, -0.15) is 0 Å². The molecule has 0 spiro atoms. The van der Waals surface area contributed by atoms with Gasteiger partial charge in [0.05, 0.1) is 7.11 Å². The van der Waals surface area contributed by atoms with Crippen LogP contribution < -0.4 is 9.64 Å². The molecule has 2 aromatic rings. The molecule has 22 heavy (non-hydrogen) atoms. The van der Waals surface area contributed by atoms with E-state index in [2.05, 4.69) is 13.0 Å². The van der Waals surface area contributed by atoms with Crippen molar-refractivity contribution in [2.24, 2.45) is 0 Å². The smallest absolute Gasteiger partial charge is 0.227 e. The fourth-order valence-electron chi connectivity index (χ4n) is 3.11. The van der Waals surface area contributed by atoms with Gasteiger partial charge in [-0.3, -0.25) is 4.79 Å². The summed E-state index contributed by atoms with van der Waals surface area (Å²) >= 11 is 0. The lowest BCUT2D eigenvalue weighted by atomic mass is 10.1. The summed E-state index contributed by atoms with van der Waals surface area (Å²) in [5.41, 5.74) is 3.51. The quantitative estimate of drug-likeness (QED) is 0.862. The highest BCUT2D eigenvalue weighted by molar-refractivity contribution is 5.96. The molecule has 0 saturated carbocycles. The van der Waals surface area contributed by atoms with Crippen LogP contribution in [0, 0.1) is 0 Å². The Morgan fingerprint density at radius 3 is 2.64 bits per heavy atom. The minimum Gasteiger partial charge on any atom is -0.497 e. The molecule has 1 aliphatic rings. The standard InChI is InChI=1S/C19H21NO2/c1-14-13-16-5-3-4-6-18(16)20(14)19(21)12-9-15-7-10-17(22-2)11-8-15/h3-8,10-11,14H,9,12-13H2,1-2H3/t14-/m1/s1. The Labute approximate surface area is 131 Å². The second-order valence-corrected chi connectivity index (χ2v) is 5.79. The van der Waals surface area contributed by atoms with E-state index < -0.39 is 0 Å². The van der Waals surface area contributed by atoms with E-state index in [1.165, 1.54) is 5.56 Å². The maximum absolute atomic E-state index is 12.6. The van der Waals surface area contributed by atoms with Gasteiger partial charge in [-0.1, -0.05) is 30.3 Å². The number of hydrogen-bond acceptors (Lipinski definition) is 2. The van der Waals surface area contributed by atoms with E-state index in [0.29, 0.717) is 6.42 Å². The number of benzene rings is 2. The highest BCUT2D eigenvalue weighted by atomic mass is 16.5. The molecule has 2 aromatic carbocycles. The molecular formula is C19H21NO2. The van der Waals surface area contributed by atoms with Gasteiger partial charge in [-0.15, -0.1) is 0 Å². The molecule has 3 rings (SSSR count). The summed E-state index contributed by atoms with van der Waals surface area (Å²) in [4.78, 5) is 14.6. The van der Waals surface area contributed by atoms with E-state index >= 15 is 0 Å². The highest BCUT2D eigenvalue weighted by Gasteiger charge is 2.29. The van der Waals surface area contributed by atoms with Crippen molar-refractivity contribution in [1.82, 2.24) is 0 Å². The van der Waals surface area contributed by atoms with Crippen LogP contribution in [0.4, 0.5) is 5.69 Å². The maximum Gasteiger partial charge on any atom is 0.227 e. The minimum atomic E-state index is 0.202. The largest absolute Gasteiger partial charge is 0.497 e. The van der Waals surface area contributed by atoms with Crippen molar-refractivity contribution < 1.29 is 9.53 Å². The number of aryl methyl sites for hydroxylation is 1. The molecule has 1 aliphatic heterocycles. The molecule has 3 heteroatoms. The first-order valence-corrected chi connectivity index (χ1v) is 7.72. The van der Waals surface area contributed by atoms with E-state index in [1.54, 1.807) is 7.11 Å². The molecule has 1 amide bonds. The zero-order chi connectivity index (χ0) is 15.5. The SMILES string of the molecule is COc1ccc(CCC(=O)N2c3ccccc3C[C@H]2C)cc1. The summed E-state index contributed by atoms with van der Waals surface area (Å²) < 4.78 is 5.15. The normalized spacial score (nSPS) is 16.5. The molecule has 0 fully saturated rings. The van der Waals surface area contributed by atoms with E-state index in [-0.39, 0.29) is 11.9 Å². The Morgan fingerprint density at radius 1 is 1.18 bits per heavy atom. The second-order valence-electron chi connectivity index (χ2n) is 5.79. The number of carbonyl (C=O) groups is 1. The molecular weight excluding hydrogens is 274 g/mol. The molecule has 1 heterocycles. The molecule has 3 nitrogen and oxygen atoms in total. The van der Waals surface area contributed by atoms with Gasteiger partial charge in [0.15, 0.2) is 0 Å². The van der Waals surface area contributed by atoms with Crippen LogP contribution in [0.1, 0.15) is 24.5 Å². The number of fused-ring (bicyclic) bond motifs is 1. The third-order valence-electron chi connectivity index (χ3n) is 4.26. The Kier molecular flexibility index (Phi) is 4.14. The van der Waals surface area contributed by atoms with Gasteiger partial charge in [0, 0.05) is 18.2 Å². The maximum atomic E-state index is 12.6. The van der Waals surface area contributed by atoms with Crippen molar-refractivity contribution in [2.75, 3.05) is 12.0 Å². The van der Waals surface area contributed by atoms with E-state index in [1.807, 2.05) is 47.4 Å². The molecule has 0 aromatic heterocycles. The lowest BCUT2D eigenvalue weighted by Crippen LogP contribution is -2.35. The average molecular weight is 295 g/mol. The summed E-state index contributed by atoms with van der Waals surface area (Å²) in [6, 6.07) is 16.4. The summed E-state index contributed by atoms with van der Waals surface area (Å²) in [5, 5.41) is 0. The van der Waals surface area contributed by atoms with E-state index in [0.717, 1.165) is 29.8 Å². The van der Waals surface area contributed by atoms with Gasteiger partial charge in [0.1, 0.15) is 5.75 Å². The molecule has 0 N–H and O–H groups in total. The third kappa shape index (κ3) is 2.84. The number of amides is 1. The van der Waals surface area contributed by atoms with Crippen molar-refractivity contribution in [3.05, 3.63) is 59.7 Å². The fourth-order valence-corrected chi connectivity index (χ4v) is 3.11. The predicted molar refractivity (Wildman–Crippen MR) is 88.4 cm³/mol. The summed E-state index contributed by atoms with van der Waals surface area (Å²) in [5.74, 6) is 1.05. The van der Waals surface area contributed by atoms with E-state index in [4.69, 9.17) is 4.74 Å². The molecule has 1 atom stereocenters. The van der Waals surface area contributed by atoms with Crippen molar-refractivity contribution in [3.63, 3.8) is 0 Å². The summed E-state index contributed by atoms with van der Waals surface area (Å²) in [6.45, 7) is 2.12. The number of hydrogen-bond donors (Lipinski definition) is 0. The Morgan fingerprint density at radius 2 is 1.91 bits per heavy atom. The lowest BCUT2D eigenvalue weighted by Gasteiger charge is -2.22. The molecule has 0 unspecified atom stereocenters. The zero-order valence-corrected chi connectivity index (χ0v) is 13.1. The number of para-hydroxylation sites is 1. The van der Waals surface area contributed by atoms with Crippen LogP contribution in [-0.2, 0) is 17.6 Å². The Balaban J connectivity index is 1.67. The Hall–Kier alpha value is -2.29. The van der Waals surface area contributed by atoms with Gasteiger partial charge < -0.3 is 9.64 Å². The number of carbonyl (C=O) groups excluding carboxylic acids is 1. The number of nitrogens with zero attached hydrogens (tertiary/aromatic N) is 1. The Bertz CT molecular complexity index is 663. The fraction of sp³-hybridized carbons (Fsp3) is 0.316. The van der Waals surface area contributed by atoms with Crippen LogP contribution in [-0.4, -0.2) is 19.1 Å². The highest BCUT2D eigenvalue weighted by Crippen LogP contribution is 2.32. The topological polar surface area (TPSA) is 29.5 Å². The first kappa shape index (κ1) is 14.6. The molecule has 0 aliphatic carbocycles. The number of methoxy groups -OCH3 is 1. The predicted octanol–water partition coefficient (Wildman–Crippen LogP) is 3.61. The summed E-state index contributed by atoms with van der Waals surface area (Å²) in [6.07, 6.45) is 2.24. The first-order valence-electron chi connectivity index (χ1n) is 7.72. The number of anilines is 1. The van der Waals surface area contributed by atoms with Gasteiger partial charge in [0.25, 0.3) is 0 Å². The van der Waals surface area contributed by atoms with Crippen molar-refractivity contribution in [3.8, 4) is 5.75 Å². The minimum absolute atomic E-state index is 0.202. The van der Waals surface area contributed by atoms with Crippen LogP contribution in [0.25, 0.3) is 0 Å². The molecule has 0 bridgehead atoms. The zero-order valence-electron chi connectivity index (χ0n) is 13.1. The number of ether oxygens (including phenoxy) is 1. The second kappa shape index (κ2) is 6.22. The molecule has 0 saturated heterocycles. The van der Waals surface area contributed by atoms with Crippen LogP contribution in [0.5, 0.6) is 5.75 Å². The molecule has 0 radical (unpaired) electrons. The summed E-state index contributed by atoms with van der Waals surface area (Å²) in [7, 11) is 1.66. The van der Waals surface area contributed by atoms with Crippen molar-refractivity contribution in [2.45, 2.75) is 32.2 Å². The monoisotopic (exact) mass is 295 g/mol. The lowest BCUT2D eigenvalue weighted by molar-refractivity contribution is -0.118. The van der Waals surface area contributed by atoms with Gasteiger partial charge in [-0.05, 0) is 49.1 Å².